The molecule has 0 aromatic carbocycles. The fraction of sp³-hybridized carbons (Fsp3) is 0.733. The van der Waals surface area contributed by atoms with Crippen LogP contribution in [0.3, 0.4) is 0 Å². The van der Waals surface area contributed by atoms with Gasteiger partial charge in [-0.2, -0.15) is 0 Å². The van der Waals surface area contributed by atoms with Crippen LogP contribution in [0.4, 0.5) is 11.6 Å². The van der Waals surface area contributed by atoms with Gasteiger partial charge in [-0.15, -0.1) is 0 Å². The number of hydrogen-bond acceptors (Lipinski definition) is 4. The first-order chi connectivity index (χ1) is 9.19. The average molecular weight is 260 g/mol. The minimum atomic E-state index is 0.513. The van der Waals surface area contributed by atoms with Gasteiger partial charge in [-0.25, -0.2) is 9.97 Å². The summed E-state index contributed by atoms with van der Waals surface area (Å²) in [5.41, 5.74) is 1.14. The van der Waals surface area contributed by atoms with E-state index in [0.717, 1.165) is 28.9 Å². The number of anilines is 2. The van der Waals surface area contributed by atoms with Crippen LogP contribution in [0.15, 0.2) is 0 Å². The van der Waals surface area contributed by atoms with E-state index in [0.29, 0.717) is 12.0 Å². The van der Waals surface area contributed by atoms with E-state index in [1.54, 1.807) is 0 Å². The van der Waals surface area contributed by atoms with Crippen LogP contribution in [0.2, 0.25) is 0 Å². The van der Waals surface area contributed by atoms with Gasteiger partial charge in [-0.05, 0) is 45.4 Å². The maximum absolute atomic E-state index is 4.76. The minimum absolute atomic E-state index is 0.513. The summed E-state index contributed by atoms with van der Waals surface area (Å²) in [6, 6.07) is 0.513. The quantitative estimate of drug-likeness (QED) is 0.853. The fourth-order valence-corrected chi connectivity index (χ4v) is 2.72. The molecule has 19 heavy (non-hydrogen) atoms. The maximum atomic E-state index is 4.76. The van der Waals surface area contributed by atoms with Crippen LogP contribution in [0.5, 0.6) is 0 Å². The van der Waals surface area contributed by atoms with E-state index in [4.69, 9.17) is 4.98 Å². The molecule has 0 bridgehead atoms. The highest BCUT2D eigenvalue weighted by atomic mass is 15.1. The molecule has 1 heterocycles. The Balaban J connectivity index is 1.83. The molecule has 2 N–H and O–H groups in total. The Hall–Kier alpha value is -1.32. The van der Waals surface area contributed by atoms with Crippen LogP contribution in [-0.4, -0.2) is 23.1 Å². The summed E-state index contributed by atoms with van der Waals surface area (Å²) in [5, 5.41) is 6.82. The topological polar surface area (TPSA) is 49.8 Å². The molecule has 4 nitrogen and oxygen atoms in total. The molecule has 0 radical (unpaired) electrons. The average Bonchev–Trinajstić information content (AvgIpc) is 3.13. The number of hydrogen-bond donors (Lipinski definition) is 2. The second-order valence-electron chi connectivity index (χ2n) is 6.05. The normalized spacial score (nSPS) is 20.8. The van der Waals surface area contributed by atoms with E-state index in [-0.39, 0.29) is 0 Å². The van der Waals surface area contributed by atoms with Gasteiger partial charge in [0.25, 0.3) is 0 Å². The Morgan fingerprint density at radius 2 is 1.79 bits per heavy atom. The van der Waals surface area contributed by atoms with Crippen molar-refractivity contribution in [3.63, 3.8) is 0 Å². The summed E-state index contributed by atoms with van der Waals surface area (Å²) in [6.45, 7) is 4.37. The molecule has 2 aliphatic carbocycles. The third-order valence-electron chi connectivity index (χ3n) is 4.56. The zero-order valence-electron chi connectivity index (χ0n) is 12.2. The van der Waals surface area contributed by atoms with Crippen molar-refractivity contribution >= 4 is 11.6 Å². The molecular weight excluding hydrogens is 236 g/mol. The molecule has 2 saturated carbocycles. The molecule has 2 aliphatic rings. The number of nitrogens with one attached hydrogen (secondary N) is 2. The second kappa shape index (κ2) is 4.99. The lowest BCUT2D eigenvalue weighted by Gasteiger charge is -2.32. The predicted octanol–water partition coefficient (Wildman–Crippen LogP) is 3.30. The van der Waals surface area contributed by atoms with Crippen LogP contribution in [-0.2, 0) is 0 Å². The van der Waals surface area contributed by atoms with Crippen molar-refractivity contribution in [3.8, 4) is 0 Å². The van der Waals surface area contributed by atoms with E-state index >= 15 is 0 Å². The van der Waals surface area contributed by atoms with E-state index in [2.05, 4.69) is 29.5 Å². The van der Waals surface area contributed by atoms with Crippen molar-refractivity contribution in [2.75, 3.05) is 17.7 Å². The molecule has 0 spiro atoms. The third-order valence-corrected chi connectivity index (χ3v) is 4.56. The molecule has 3 rings (SSSR count). The van der Waals surface area contributed by atoms with Gasteiger partial charge in [0.15, 0.2) is 0 Å². The van der Waals surface area contributed by atoms with Crippen LogP contribution in [0.25, 0.3) is 0 Å². The van der Waals surface area contributed by atoms with Crippen molar-refractivity contribution in [1.29, 1.82) is 0 Å². The zero-order valence-corrected chi connectivity index (χ0v) is 12.2. The number of nitrogens with zero attached hydrogens (tertiary/aromatic N) is 2. The summed E-state index contributed by atoms with van der Waals surface area (Å²) in [7, 11) is 1.94. The van der Waals surface area contributed by atoms with Gasteiger partial charge in [0.1, 0.15) is 17.5 Å². The molecule has 1 unspecified atom stereocenters. The van der Waals surface area contributed by atoms with Crippen LogP contribution in [0, 0.1) is 12.8 Å². The summed E-state index contributed by atoms with van der Waals surface area (Å²) in [6.07, 6.45) is 6.57. The lowest BCUT2D eigenvalue weighted by Crippen LogP contribution is -2.31. The van der Waals surface area contributed by atoms with Crippen LogP contribution >= 0.6 is 0 Å². The van der Waals surface area contributed by atoms with Gasteiger partial charge >= 0.3 is 0 Å². The zero-order chi connectivity index (χ0) is 13.4. The van der Waals surface area contributed by atoms with Gasteiger partial charge < -0.3 is 10.6 Å². The van der Waals surface area contributed by atoms with Crippen molar-refractivity contribution in [3.05, 3.63) is 11.4 Å². The van der Waals surface area contributed by atoms with Gasteiger partial charge in [0.2, 0.25) is 0 Å². The Labute approximate surface area is 115 Å². The summed E-state index contributed by atoms with van der Waals surface area (Å²) in [5.74, 6) is 4.42. The van der Waals surface area contributed by atoms with Gasteiger partial charge in [0.05, 0.1) is 0 Å². The highest BCUT2D eigenvalue weighted by Gasteiger charge is 2.29. The largest absolute Gasteiger partial charge is 0.373 e. The summed E-state index contributed by atoms with van der Waals surface area (Å²) < 4.78 is 0. The molecule has 1 aromatic rings. The smallest absolute Gasteiger partial charge is 0.136 e. The van der Waals surface area contributed by atoms with Crippen molar-refractivity contribution in [1.82, 2.24) is 9.97 Å². The summed E-state index contributed by atoms with van der Waals surface area (Å²) >= 11 is 0. The standard InChI is InChI=1S/C15H24N4/c1-9-13(16-3)18-15(12-7-8-12)19-14(9)17-10(2)11-5-4-6-11/h10-12H,4-8H2,1-3H3,(H2,16,17,18,19). The third kappa shape index (κ3) is 2.53. The fourth-order valence-electron chi connectivity index (χ4n) is 2.72. The van der Waals surface area contributed by atoms with E-state index in [9.17, 15) is 0 Å². The summed E-state index contributed by atoms with van der Waals surface area (Å²) in [4.78, 5) is 9.40. The SMILES string of the molecule is CNc1nc(C2CC2)nc(NC(C)C2CCC2)c1C. The molecule has 0 amide bonds. The maximum Gasteiger partial charge on any atom is 0.136 e. The Bertz CT molecular complexity index is 463. The Morgan fingerprint density at radius 3 is 2.32 bits per heavy atom. The molecular formula is C15H24N4. The van der Waals surface area contributed by atoms with E-state index in [1.807, 2.05) is 7.05 Å². The van der Waals surface area contributed by atoms with Crippen molar-refractivity contribution < 1.29 is 0 Å². The molecule has 4 heteroatoms. The Morgan fingerprint density at radius 1 is 1.11 bits per heavy atom. The van der Waals surface area contributed by atoms with Crippen LogP contribution in [0.1, 0.15) is 56.3 Å². The predicted molar refractivity (Wildman–Crippen MR) is 78.7 cm³/mol. The number of aromatic nitrogens is 2. The Kier molecular flexibility index (Phi) is 3.33. The molecule has 1 atom stereocenters. The second-order valence-corrected chi connectivity index (χ2v) is 6.05. The van der Waals surface area contributed by atoms with E-state index in [1.165, 1.54) is 32.1 Å². The molecule has 104 valence electrons. The van der Waals surface area contributed by atoms with Crippen molar-refractivity contribution in [2.24, 2.45) is 5.92 Å². The minimum Gasteiger partial charge on any atom is -0.373 e. The highest BCUT2D eigenvalue weighted by molar-refractivity contribution is 5.57. The van der Waals surface area contributed by atoms with Crippen LogP contribution < -0.4 is 10.6 Å². The van der Waals surface area contributed by atoms with E-state index < -0.39 is 0 Å². The first-order valence-electron chi connectivity index (χ1n) is 7.52. The lowest BCUT2D eigenvalue weighted by atomic mass is 9.80. The molecule has 0 aliphatic heterocycles. The van der Waals surface area contributed by atoms with Gasteiger partial charge in [-0.1, -0.05) is 6.42 Å². The molecule has 0 saturated heterocycles. The first-order valence-corrected chi connectivity index (χ1v) is 7.52. The first kappa shape index (κ1) is 12.7. The van der Waals surface area contributed by atoms with Gasteiger partial charge in [0, 0.05) is 24.6 Å². The molecule has 1 aromatic heterocycles. The molecule has 2 fully saturated rings. The number of rotatable bonds is 5. The lowest BCUT2D eigenvalue weighted by molar-refractivity contribution is 0.285. The highest BCUT2D eigenvalue weighted by Crippen LogP contribution is 2.40. The monoisotopic (exact) mass is 260 g/mol. The van der Waals surface area contributed by atoms with Crippen molar-refractivity contribution in [2.45, 2.75) is 57.9 Å². The van der Waals surface area contributed by atoms with Gasteiger partial charge in [-0.3, -0.25) is 0 Å².